The number of urea groups is 1. The standard InChI is InChI=1S/C15H14ClN5O2/c1-21(9-12-5-6-17-19-12)15(22)18-14-8-13(23-20-14)10-3-2-4-11(16)7-10/h2-8H,9H2,1H3,(H,17,19)(H,18,20,22). The predicted octanol–water partition coefficient (Wildman–Crippen LogP) is 3.38. The molecule has 118 valence electrons. The molecule has 0 aliphatic heterocycles. The first-order valence-electron chi connectivity index (χ1n) is 6.85. The first-order chi connectivity index (χ1) is 11.1. The number of carbonyl (C=O) groups is 1. The highest BCUT2D eigenvalue weighted by molar-refractivity contribution is 6.30. The van der Waals surface area contributed by atoms with Crippen LogP contribution in [0.1, 0.15) is 5.69 Å². The van der Waals surface area contributed by atoms with Gasteiger partial charge < -0.3 is 9.42 Å². The monoisotopic (exact) mass is 331 g/mol. The van der Waals surface area contributed by atoms with E-state index in [1.807, 2.05) is 12.1 Å². The molecule has 1 aromatic carbocycles. The van der Waals surface area contributed by atoms with Gasteiger partial charge in [0.1, 0.15) is 0 Å². The number of rotatable bonds is 4. The molecule has 2 heterocycles. The van der Waals surface area contributed by atoms with Crippen LogP contribution in [0.3, 0.4) is 0 Å². The van der Waals surface area contributed by atoms with Crippen molar-refractivity contribution >= 4 is 23.4 Å². The van der Waals surface area contributed by atoms with E-state index in [-0.39, 0.29) is 6.03 Å². The van der Waals surface area contributed by atoms with E-state index < -0.39 is 0 Å². The minimum Gasteiger partial charge on any atom is -0.354 e. The van der Waals surface area contributed by atoms with E-state index in [0.29, 0.717) is 23.1 Å². The molecule has 7 nitrogen and oxygen atoms in total. The third kappa shape index (κ3) is 3.70. The molecule has 2 N–H and O–H groups in total. The SMILES string of the molecule is CN(Cc1ccn[nH]1)C(=O)Nc1cc(-c2cccc(Cl)c2)on1. The Labute approximate surface area is 137 Å². The summed E-state index contributed by atoms with van der Waals surface area (Å²) in [6.45, 7) is 0.408. The van der Waals surface area contributed by atoms with Crippen molar-refractivity contribution in [2.75, 3.05) is 12.4 Å². The summed E-state index contributed by atoms with van der Waals surface area (Å²) < 4.78 is 5.23. The topological polar surface area (TPSA) is 87.0 Å². The van der Waals surface area contributed by atoms with Crippen LogP contribution in [-0.4, -0.2) is 33.3 Å². The molecular formula is C15H14ClN5O2. The number of aromatic nitrogens is 3. The molecule has 23 heavy (non-hydrogen) atoms. The van der Waals surface area contributed by atoms with Gasteiger partial charge in [0.15, 0.2) is 11.6 Å². The summed E-state index contributed by atoms with van der Waals surface area (Å²) in [5.41, 5.74) is 1.62. The Morgan fingerprint density at radius 2 is 2.26 bits per heavy atom. The van der Waals surface area contributed by atoms with E-state index in [2.05, 4.69) is 20.7 Å². The fourth-order valence-electron chi connectivity index (χ4n) is 2.02. The van der Waals surface area contributed by atoms with Crippen LogP contribution in [0.25, 0.3) is 11.3 Å². The summed E-state index contributed by atoms with van der Waals surface area (Å²) in [5.74, 6) is 0.862. The first kappa shape index (κ1) is 15.1. The lowest BCUT2D eigenvalue weighted by molar-refractivity contribution is 0.220. The maximum absolute atomic E-state index is 12.1. The van der Waals surface area contributed by atoms with E-state index in [9.17, 15) is 4.79 Å². The summed E-state index contributed by atoms with van der Waals surface area (Å²) in [4.78, 5) is 13.6. The van der Waals surface area contributed by atoms with Crippen molar-refractivity contribution in [2.45, 2.75) is 6.54 Å². The van der Waals surface area contributed by atoms with Crippen LogP contribution in [0.5, 0.6) is 0 Å². The molecule has 0 spiro atoms. The highest BCUT2D eigenvalue weighted by atomic mass is 35.5. The van der Waals surface area contributed by atoms with Gasteiger partial charge in [-0.15, -0.1) is 0 Å². The fourth-order valence-corrected chi connectivity index (χ4v) is 2.21. The highest BCUT2D eigenvalue weighted by Gasteiger charge is 2.13. The number of aromatic amines is 1. The quantitative estimate of drug-likeness (QED) is 0.767. The lowest BCUT2D eigenvalue weighted by Crippen LogP contribution is -2.31. The number of hydrogen-bond donors (Lipinski definition) is 2. The maximum atomic E-state index is 12.1. The number of nitrogens with zero attached hydrogens (tertiary/aromatic N) is 3. The number of amides is 2. The normalized spacial score (nSPS) is 10.5. The van der Waals surface area contributed by atoms with E-state index >= 15 is 0 Å². The summed E-state index contributed by atoms with van der Waals surface area (Å²) >= 11 is 5.95. The average Bonchev–Trinajstić information content (AvgIpc) is 3.19. The van der Waals surface area contributed by atoms with E-state index in [0.717, 1.165) is 11.3 Å². The zero-order valence-corrected chi connectivity index (χ0v) is 13.0. The van der Waals surface area contributed by atoms with Gasteiger partial charge in [-0.2, -0.15) is 5.10 Å². The number of benzene rings is 1. The van der Waals surface area contributed by atoms with Gasteiger partial charge in [-0.1, -0.05) is 28.9 Å². The molecule has 2 amide bonds. The first-order valence-corrected chi connectivity index (χ1v) is 7.22. The second kappa shape index (κ2) is 6.53. The molecular weight excluding hydrogens is 318 g/mol. The zero-order valence-electron chi connectivity index (χ0n) is 12.3. The Balaban J connectivity index is 1.65. The van der Waals surface area contributed by atoms with Crippen molar-refractivity contribution in [3.05, 3.63) is 53.3 Å². The molecule has 0 fully saturated rings. The summed E-state index contributed by atoms with van der Waals surface area (Å²) in [6, 6.07) is 10.3. The largest absolute Gasteiger partial charge is 0.354 e. The zero-order chi connectivity index (χ0) is 16.2. The van der Waals surface area contributed by atoms with Crippen LogP contribution in [0, 0.1) is 0 Å². The third-order valence-corrected chi connectivity index (χ3v) is 3.40. The van der Waals surface area contributed by atoms with Gasteiger partial charge in [-0.25, -0.2) is 4.79 Å². The molecule has 0 saturated heterocycles. The van der Waals surface area contributed by atoms with Gasteiger partial charge in [-0.3, -0.25) is 10.4 Å². The average molecular weight is 332 g/mol. The lowest BCUT2D eigenvalue weighted by atomic mass is 10.2. The summed E-state index contributed by atoms with van der Waals surface area (Å²) in [6.07, 6.45) is 1.63. The number of anilines is 1. The number of halogens is 1. The van der Waals surface area contributed by atoms with Crippen molar-refractivity contribution in [3.8, 4) is 11.3 Å². The predicted molar refractivity (Wildman–Crippen MR) is 86.0 cm³/mol. The Hall–Kier alpha value is -2.80. The van der Waals surface area contributed by atoms with Crippen molar-refractivity contribution in [1.82, 2.24) is 20.3 Å². The van der Waals surface area contributed by atoms with E-state index in [1.54, 1.807) is 37.5 Å². The molecule has 0 aliphatic rings. The molecule has 0 saturated carbocycles. The smallest absolute Gasteiger partial charge is 0.323 e. The fraction of sp³-hybridized carbons (Fsp3) is 0.133. The van der Waals surface area contributed by atoms with Crippen molar-refractivity contribution in [3.63, 3.8) is 0 Å². The van der Waals surface area contributed by atoms with Crippen LogP contribution in [-0.2, 0) is 6.54 Å². The molecule has 3 aromatic rings. The summed E-state index contributed by atoms with van der Waals surface area (Å²) in [7, 11) is 1.67. The highest BCUT2D eigenvalue weighted by Crippen LogP contribution is 2.25. The Morgan fingerprint density at radius 1 is 1.39 bits per heavy atom. The minimum atomic E-state index is -0.300. The minimum absolute atomic E-state index is 0.300. The van der Waals surface area contributed by atoms with Gasteiger partial charge in [0, 0.05) is 29.9 Å². The second-order valence-electron chi connectivity index (χ2n) is 4.95. The van der Waals surface area contributed by atoms with Gasteiger partial charge >= 0.3 is 6.03 Å². The number of carbonyl (C=O) groups excluding carboxylic acids is 1. The van der Waals surface area contributed by atoms with Crippen LogP contribution in [0.15, 0.2) is 47.1 Å². The van der Waals surface area contributed by atoms with E-state index in [1.165, 1.54) is 4.90 Å². The molecule has 3 rings (SSSR count). The van der Waals surface area contributed by atoms with Crippen LogP contribution >= 0.6 is 11.6 Å². The van der Waals surface area contributed by atoms with E-state index in [4.69, 9.17) is 16.1 Å². The molecule has 0 radical (unpaired) electrons. The van der Waals surface area contributed by atoms with Crippen LogP contribution in [0.4, 0.5) is 10.6 Å². The van der Waals surface area contributed by atoms with Gasteiger partial charge in [-0.05, 0) is 18.2 Å². The van der Waals surface area contributed by atoms with Crippen molar-refractivity contribution < 1.29 is 9.32 Å². The Bertz CT molecular complexity index is 800. The van der Waals surface area contributed by atoms with Gasteiger partial charge in [0.25, 0.3) is 0 Å². The molecule has 0 bridgehead atoms. The van der Waals surface area contributed by atoms with Crippen molar-refractivity contribution in [2.24, 2.45) is 0 Å². The van der Waals surface area contributed by atoms with Crippen LogP contribution in [0.2, 0.25) is 5.02 Å². The summed E-state index contributed by atoms with van der Waals surface area (Å²) in [5, 5.41) is 13.8. The van der Waals surface area contributed by atoms with Gasteiger partial charge in [0.05, 0.1) is 12.2 Å². The third-order valence-electron chi connectivity index (χ3n) is 3.17. The Morgan fingerprint density at radius 3 is 3.00 bits per heavy atom. The Kier molecular flexibility index (Phi) is 4.29. The molecule has 2 aromatic heterocycles. The molecule has 8 heteroatoms. The number of hydrogen-bond acceptors (Lipinski definition) is 4. The maximum Gasteiger partial charge on any atom is 0.323 e. The lowest BCUT2D eigenvalue weighted by Gasteiger charge is -2.15. The molecule has 0 aliphatic carbocycles. The van der Waals surface area contributed by atoms with Crippen molar-refractivity contribution in [1.29, 1.82) is 0 Å². The van der Waals surface area contributed by atoms with Crippen LogP contribution < -0.4 is 5.32 Å². The number of nitrogens with one attached hydrogen (secondary N) is 2. The molecule has 0 unspecified atom stereocenters. The molecule has 0 atom stereocenters. The second-order valence-corrected chi connectivity index (χ2v) is 5.39. The number of H-pyrrole nitrogens is 1. The van der Waals surface area contributed by atoms with Gasteiger partial charge in [0.2, 0.25) is 0 Å².